The van der Waals surface area contributed by atoms with Gasteiger partial charge in [0.25, 0.3) is 11.8 Å². The van der Waals surface area contributed by atoms with Crippen LogP contribution in [0.25, 0.3) is 6.08 Å². The Bertz CT molecular complexity index is 2200. The second-order valence-corrected chi connectivity index (χ2v) is 14.5. The van der Waals surface area contributed by atoms with Crippen LogP contribution in [0.4, 0.5) is 10.7 Å². The van der Waals surface area contributed by atoms with Gasteiger partial charge in [-0.25, -0.2) is 0 Å². The van der Waals surface area contributed by atoms with Crippen molar-refractivity contribution in [2.45, 2.75) is 30.0 Å². The van der Waals surface area contributed by atoms with E-state index in [-0.39, 0.29) is 17.5 Å². The minimum absolute atomic E-state index is 0.0223. The van der Waals surface area contributed by atoms with Crippen molar-refractivity contribution in [2.75, 3.05) is 17.2 Å². The van der Waals surface area contributed by atoms with Crippen LogP contribution >= 0.6 is 34.7 Å². The van der Waals surface area contributed by atoms with Crippen LogP contribution in [-0.4, -0.2) is 35.1 Å². The lowest BCUT2D eigenvalue weighted by atomic mass is 10.0. The standard InChI is InChI=1S/C40H32ClN5O4S2/c1-25(47)46-20-19-32-33(23-42)40(52-35(32)24-46)45-39(50)36(27-9-4-2-5-10-27)51-31-14-8-13-30(22-31)43-38(49)34(21-26-15-17-29(41)18-16-26)44-37(48)28-11-6-3-7-12-28/h2-18,21-22,36H,19-20,24H2,1H3,(H,43,49)(H,44,48)(H,45,50)/b34-21+. The Labute approximate surface area is 314 Å². The zero-order chi connectivity index (χ0) is 36.6. The predicted molar refractivity (Wildman–Crippen MR) is 206 cm³/mol. The van der Waals surface area contributed by atoms with Gasteiger partial charge in [-0.1, -0.05) is 78.3 Å². The van der Waals surface area contributed by atoms with Gasteiger partial charge in [-0.2, -0.15) is 5.26 Å². The van der Waals surface area contributed by atoms with Gasteiger partial charge in [0.1, 0.15) is 22.0 Å². The molecule has 1 aliphatic rings. The summed E-state index contributed by atoms with van der Waals surface area (Å²) in [6.07, 6.45) is 2.11. The van der Waals surface area contributed by atoms with E-state index in [0.717, 1.165) is 16.0 Å². The summed E-state index contributed by atoms with van der Waals surface area (Å²) >= 11 is 8.68. The largest absolute Gasteiger partial charge is 0.337 e. The first-order valence-corrected chi connectivity index (χ1v) is 18.3. The van der Waals surface area contributed by atoms with E-state index in [4.69, 9.17) is 11.6 Å². The minimum Gasteiger partial charge on any atom is -0.337 e. The second kappa shape index (κ2) is 16.6. The molecule has 5 aromatic rings. The van der Waals surface area contributed by atoms with Crippen LogP contribution in [0.3, 0.4) is 0 Å². The first-order chi connectivity index (χ1) is 25.2. The molecule has 4 amide bonds. The number of amides is 4. The van der Waals surface area contributed by atoms with Crippen molar-refractivity contribution in [2.24, 2.45) is 0 Å². The monoisotopic (exact) mass is 745 g/mol. The fourth-order valence-corrected chi connectivity index (χ4v) is 8.03. The van der Waals surface area contributed by atoms with Gasteiger partial charge in [0.2, 0.25) is 11.8 Å². The molecule has 1 atom stereocenters. The number of fused-ring (bicyclic) bond motifs is 1. The number of nitriles is 1. The molecule has 6 rings (SSSR count). The molecular formula is C40H32ClN5O4S2. The normalized spacial score (nSPS) is 12.9. The predicted octanol–water partition coefficient (Wildman–Crippen LogP) is 8.06. The maximum absolute atomic E-state index is 14.0. The van der Waals surface area contributed by atoms with E-state index < -0.39 is 17.1 Å². The fraction of sp³-hybridized carbons (Fsp3) is 0.125. The van der Waals surface area contributed by atoms with E-state index in [1.807, 2.05) is 36.4 Å². The lowest BCUT2D eigenvalue weighted by Gasteiger charge is -2.25. The molecule has 0 spiro atoms. The van der Waals surface area contributed by atoms with Crippen LogP contribution in [-0.2, 0) is 27.3 Å². The summed E-state index contributed by atoms with van der Waals surface area (Å²) in [6.45, 7) is 2.45. The molecular weight excluding hydrogens is 714 g/mol. The van der Waals surface area contributed by atoms with Crippen LogP contribution in [0.15, 0.2) is 120 Å². The van der Waals surface area contributed by atoms with Gasteiger partial charge in [-0.3, -0.25) is 19.2 Å². The minimum atomic E-state index is -0.711. The Morgan fingerprint density at radius 2 is 1.63 bits per heavy atom. The van der Waals surface area contributed by atoms with Gasteiger partial charge in [0.15, 0.2) is 0 Å². The molecule has 52 heavy (non-hydrogen) atoms. The van der Waals surface area contributed by atoms with Crippen LogP contribution in [0.5, 0.6) is 0 Å². The fourth-order valence-electron chi connectivity index (χ4n) is 5.61. The van der Waals surface area contributed by atoms with E-state index >= 15 is 0 Å². The second-order valence-electron chi connectivity index (χ2n) is 11.8. The lowest BCUT2D eigenvalue weighted by molar-refractivity contribution is -0.129. The SMILES string of the molecule is CC(=O)N1CCc2c(sc(NC(=O)C(Sc3cccc(NC(=O)/C(=C\c4ccc(Cl)cc4)NC(=O)c4ccccc4)c3)c3ccccc3)c2C#N)C1. The highest BCUT2D eigenvalue weighted by Crippen LogP contribution is 2.40. The van der Waals surface area contributed by atoms with Crippen molar-refractivity contribution in [3.8, 4) is 6.07 Å². The Balaban J connectivity index is 1.23. The van der Waals surface area contributed by atoms with E-state index in [2.05, 4.69) is 22.0 Å². The van der Waals surface area contributed by atoms with Crippen molar-refractivity contribution >= 4 is 75.1 Å². The smallest absolute Gasteiger partial charge is 0.272 e. The van der Waals surface area contributed by atoms with Crippen LogP contribution < -0.4 is 16.0 Å². The summed E-state index contributed by atoms with van der Waals surface area (Å²) < 4.78 is 0. The molecule has 1 aromatic heterocycles. The van der Waals surface area contributed by atoms with Crippen molar-refractivity contribution in [3.63, 3.8) is 0 Å². The molecule has 0 radical (unpaired) electrons. The third kappa shape index (κ3) is 8.79. The Hall–Kier alpha value is -5.67. The number of nitrogens with zero attached hydrogens (tertiary/aromatic N) is 2. The number of hydrogen-bond donors (Lipinski definition) is 3. The van der Waals surface area contributed by atoms with Crippen molar-refractivity contribution in [3.05, 3.63) is 153 Å². The van der Waals surface area contributed by atoms with Crippen molar-refractivity contribution < 1.29 is 19.2 Å². The number of hydrogen-bond acceptors (Lipinski definition) is 7. The Morgan fingerprint density at radius 1 is 0.923 bits per heavy atom. The molecule has 260 valence electrons. The average Bonchev–Trinajstić information content (AvgIpc) is 3.51. The Morgan fingerprint density at radius 3 is 2.33 bits per heavy atom. The summed E-state index contributed by atoms with van der Waals surface area (Å²) in [5.74, 6) is -1.35. The van der Waals surface area contributed by atoms with Gasteiger partial charge in [-0.05, 0) is 71.7 Å². The number of thioether (sulfide) groups is 1. The first-order valence-electron chi connectivity index (χ1n) is 16.3. The highest BCUT2D eigenvalue weighted by atomic mass is 35.5. The molecule has 0 aliphatic carbocycles. The van der Waals surface area contributed by atoms with E-state index in [1.165, 1.54) is 30.0 Å². The third-order valence-electron chi connectivity index (χ3n) is 8.25. The number of carbonyl (C=O) groups excluding carboxylic acids is 4. The molecule has 1 unspecified atom stereocenters. The molecule has 0 fully saturated rings. The number of thiophene rings is 1. The summed E-state index contributed by atoms with van der Waals surface area (Å²) in [7, 11) is 0. The first kappa shape index (κ1) is 36.1. The number of anilines is 2. The number of benzene rings is 4. The number of halogens is 1. The molecule has 12 heteroatoms. The van der Waals surface area contributed by atoms with Crippen LogP contribution in [0, 0.1) is 11.3 Å². The molecule has 4 aromatic carbocycles. The summed E-state index contributed by atoms with van der Waals surface area (Å²) in [6, 6.07) is 34.1. The molecule has 0 saturated heterocycles. The molecule has 1 aliphatic heterocycles. The van der Waals surface area contributed by atoms with Gasteiger partial charge >= 0.3 is 0 Å². The topological polar surface area (TPSA) is 131 Å². The molecule has 0 saturated carbocycles. The molecule has 9 nitrogen and oxygen atoms in total. The van der Waals surface area contributed by atoms with Crippen LogP contribution in [0.1, 0.15) is 49.7 Å². The van der Waals surface area contributed by atoms with Gasteiger partial charge in [-0.15, -0.1) is 23.1 Å². The van der Waals surface area contributed by atoms with E-state index in [1.54, 1.807) is 83.8 Å². The zero-order valence-electron chi connectivity index (χ0n) is 27.9. The molecule has 2 heterocycles. The summed E-state index contributed by atoms with van der Waals surface area (Å²) in [5, 5.41) is 19.0. The maximum Gasteiger partial charge on any atom is 0.272 e. The average molecular weight is 746 g/mol. The highest BCUT2D eigenvalue weighted by molar-refractivity contribution is 8.00. The van der Waals surface area contributed by atoms with E-state index in [9.17, 15) is 24.4 Å². The summed E-state index contributed by atoms with van der Waals surface area (Å²) in [4.78, 5) is 56.1. The van der Waals surface area contributed by atoms with Gasteiger partial charge in [0, 0.05) is 39.5 Å². The molecule has 0 bridgehead atoms. The lowest BCUT2D eigenvalue weighted by Crippen LogP contribution is -2.33. The summed E-state index contributed by atoms with van der Waals surface area (Å²) in [5.41, 5.74) is 3.57. The molecule has 3 N–H and O–H groups in total. The van der Waals surface area contributed by atoms with E-state index in [0.29, 0.717) is 56.8 Å². The highest BCUT2D eigenvalue weighted by Gasteiger charge is 2.29. The third-order valence-corrected chi connectivity index (χ3v) is 10.9. The van der Waals surface area contributed by atoms with Gasteiger partial charge in [0.05, 0.1) is 12.1 Å². The van der Waals surface area contributed by atoms with Crippen molar-refractivity contribution in [1.82, 2.24) is 10.2 Å². The van der Waals surface area contributed by atoms with Crippen LogP contribution in [0.2, 0.25) is 5.02 Å². The van der Waals surface area contributed by atoms with Crippen molar-refractivity contribution in [1.29, 1.82) is 5.26 Å². The quantitative estimate of drug-likeness (QED) is 0.0980. The number of rotatable bonds is 10. The number of carbonyl (C=O) groups is 4. The zero-order valence-corrected chi connectivity index (χ0v) is 30.3. The number of nitrogens with one attached hydrogen (secondary N) is 3. The maximum atomic E-state index is 14.0. The van der Waals surface area contributed by atoms with Gasteiger partial charge < -0.3 is 20.9 Å². The Kier molecular flexibility index (Phi) is 11.5.